The van der Waals surface area contributed by atoms with Crippen LogP contribution in [-0.2, 0) is 25.6 Å². The number of phenolic OH excluding ortho intramolecular Hbond substituents is 1. The molecule has 3 aliphatic carbocycles. The summed E-state index contributed by atoms with van der Waals surface area (Å²) in [4.78, 5) is 52.7. The van der Waals surface area contributed by atoms with E-state index in [0.29, 0.717) is 6.54 Å². The number of likely N-dealkylation sites (N-methyl/N-ethyl adjacent to an activating group) is 1. The van der Waals surface area contributed by atoms with Crippen molar-refractivity contribution in [2.75, 3.05) is 32.5 Å². The van der Waals surface area contributed by atoms with Crippen LogP contribution < -0.4 is 16.4 Å². The number of nitrogens with zero attached hydrogens (tertiary/aromatic N) is 1. The third-order valence-electron chi connectivity index (χ3n) is 7.93. The minimum atomic E-state index is -2.80. The number of carbonyl (C=O) groups is 4. The number of Topliss-reactive ketones (excluding diaryl/α,β-unsaturated/α-hetero) is 2. The maximum absolute atomic E-state index is 15.3. The summed E-state index contributed by atoms with van der Waals surface area (Å²) in [5, 5.41) is 49.9. The van der Waals surface area contributed by atoms with Crippen molar-refractivity contribution in [3.8, 4) is 5.75 Å². The zero-order valence-corrected chi connectivity index (χ0v) is 22.4. The van der Waals surface area contributed by atoms with Gasteiger partial charge in [-0.1, -0.05) is 13.3 Å². The summed E-state index contributed by atoms with van der Waals surface area (Å²) >= 11 is 0. The lowest BCUT2D eigenvalue weighted by Gasteiger charge is -2.50. The van der Waals surface area contributed by atoms with Gasteiger partial charge >= 0.3 is 0 Å². The number of nitrogens with one attached hydrogen (secondary N) is 2. The number of anilines is 1. The number of aromatic hydroxyl groups is 1. The van der Waals surface area contributed by atoms with Gasteiger partial charge in [-0.3, -0.25) is 24.1 Å². The highest BCUT2D eigenvalue weighted by molar-refractivity contribution is 6.24. The molecule has 4 atom stereocenters. The van der Waals surface area contributed by atoms with Crippen LogP contribution >= 0.6 is 0 Å². The first kappa shape index (κ1) is 29.2. The Morgan fingerprint density at radius 2 is 1.90 bits per heavy atom. The molecule has 0 aromatic heterocycles. The van der Waals surface area contributed by atoms with E-state index in [0.717, 1.165) is 18.9 Å². The first-order valence-corrected chi connectivity index (χ1v) is 13.0. The van der Waals surface area contributed by atoms with Gasteiger partial charge in [0, 0.05) is 23.1 Å². The SMILES string of the molecule is CCCCNCC(=O)Nc1cc(F)c2c(c1O)C(O)=C1C(=O)[C@]3(O)C(O)=C(C(N)=O)C(=O)[C@@H](N(C)C)[C@@H]3C[C@@H]1C2. The summed E-state index contributed by atoms with van der Waals surface area (Å²) in [5.41, 5.74) is 0.276. The van der Waals surface area contributed by atoms with Crippen LogP contribution in [0, 0.1) is 17.7 Å². The molecular formula is C27H33FN4O8. The third kappa shape index (κ3) is 4.43. The molecular weight excluding hydrogens is 527 g/mol. The number of fused-ring (bicyclic) bond motifs is 3. The van der Waals surface area contributed by atoms with E-state index >= 15 is 4.39 Å². The molecule has 2 amide bonds. The second kappa shape index (κ2) is 10.6. The van der Waals surface area contributed by atoms with Crippen LogP contribution in [0.25, 0.3) is 5.76 Å². The van der Waals surface area contributed by atoms with Crippen molar-refractivity contribution in [2.45, 2.75) is 44.2 Å². The molecule has 0 spiro atoms. The molecule has 3 aliphatic rings. The standard InChI is InChI=1S/C27H33FN4O8/c1-4-5-6-30-10-16(33)31-15-9-14(28)12-7-11-8-13-20(32(2)3)23(36)19(26(29)39)25(38)27(13,40)24(37)17(11)22(35)18(12)21(15)34/h9,11,13,20,30,34-35,38,40H,4-8,10H2,1-3H3,(H2,29,39)(H,31,33)/t11-,13-,20-,27-/m0/s1. The van der Waals surface area contributed by atoms with Gasteiger partial charge in [-0.15, -0.1) is 0 Å². The van der Waals surface area contributed by atoms with Crippen molar-refractivity contribution >= 4 is 34.8 Å². The molecule has 216 valence electrons. The van der Waals surface area contributed by atoms with Crippen LogP contribution in [0.3, 0.4) is 0 Å². The Labute approximate surface area is 229 Å². The van der Waals surface area contributed by atoms with Crippen LogP contribution in [0.1, 0.15) is 37.3 Å². The van der Waals surface area contributed by atoms with Crippen molar-refractivity contribution in [2.24, 2.45) is 17.6 Å². The van der Waals surface area contributed by atoms with Gasteiger partial charge in [0.15, 0.2) is 17.1 Å². The number of phenols is 1. The minimum Gasteiger partial charge on any atom is -0.508 e. The molecule has 0 saturated heterocycles. The number of benzene rings is 1. The third-order valence-corrected chi connectivity index (χ3v) is 7.93. The van der Waals surface area contributed by atoms with Crippen LogP contribution in [0.15, 0.2) is 23.0 Å². The zero-order chi connectivity index (χ0) is 29.7. The molecule has 1 aromatic carbocycles. The molecule has 4 rings (SSSR count). The van der Waals surface area contributed by atoms with Gasteiger partial charge in [0.25, 0.3) is 5.91 Å². The number of ketones is 2. The Morgan fingerprint density at radius 1 is 1.23 bits per heavy atom. The van der Waals surface area contributed by atoms with E-state index in [1.807, 2.05) is 6.92 Å². The Bertz CT molecular complexity index is 1370. The number of unbranched alkanes of at least 4 members (excludes halogenated alkanes) is 1. The predicted molar refractivity (Wildman–Crippen MR) is 141 cm³/mol. The van der Waals surface area contributed by atoms with Gasteiger partial charge in [-0.2, -0.15) is 0 Å². The van der Waals surface area contributed by atoms with Crippen molar-refractivity contribution in [3.63, 3.8) is 0 Å². The molecule has 0 heterocycles. The summed E-state index contributed by atoms with van der Waals surface area (Å²) in [6.45, 7) is 2.45. The van der Waals surface area contributed by atoms with E-state index in [1.54, 1.807) is 0 Å². The van der Waals surface area contributed by atoms with Crippen molar-refractivity contribution in [3.05, 3.63) is 39.9 Å². The average molecular weight is 561 g/mol. The van der Waals surface area contributed by atoms with Gasteiger partial charge in [-0.05, 0) is 45.8 Å². The normalized spacial score (nSPS) is 26.0. The second-order valence-corrected chi connectivity index (χ2v) is 10.6. The Hall–Kier alpha value is -3.81. The number of hydrogen-bond donors (Lipinski definition) is 7. The molecule has 1 saturated carbocycles. The number of aliphatic hydroxyl groups excluding tert-OH is 2. The lowest BCUT2D eigenvalue weighted by molar-refractivity contribution is -0.153. The van der Waals surface area contributed by atoms with Gasteiger partial charge in [0.05, 0.1) is 23.8 Å². The fourth-order valence-corrected chi connectivity index (χ4v) is 6.06. The second-order valence-electron chi connectivity index (χ2n) is 10.6. The molecule has 0 aliphatic heterocycles. The quantitative estimate of drug-likeness (QED) is 0.133. The number of carbonyl (C=O) groups excluding carboxylic acids is 4. The van der Waals surface area contributed by atoms with Gasteiger partial charge < -0.3 is 36.8 Å². The highest BCUT2D eigenvalue weighted by Gasteiger charge is 2.64. The lowest BCUT2D eigenvalue weighted by atomic mass is 9.57. The molecule has 13 heteroatoms. The van der Waals surface area contributed by atoms with Crippen molar-refractivity contribution < 1.29 is 44.0 Å². The number of nitrogens with two attached hydrogens (primary N) is 1. The largest absolute Gasteiger partial charge is 0.508 e. The number of amides is 2. The monoisotopic (exact) mass is 560 g/mol. The number of aliphatic hydroxyl groups is 3. The first-order chi connectivity index (χ1) is 18.8. The van der Waals surface area contributed by atoms with Crippen LogP contribution in [0.4, 0.5) is 10.1 Å². The molecule has 8 N–H and O–H groups in total. The summed E-state index contributed by atoms with van der Waals surface area (Å²) in [5.74, 6) is -9.76. The fourth-order valence-electron chi connectivity index (χ4n) is 6.06. The van der Waals surface area contributed by atoms with E-state index in [4.69, 9.17) is 5.73 Å². The minimum absolute atomic E-state index is 0.111. The molecule has 0 bridgehead atoms. The topological polar surface area (TPSA) is 203 Å². The fraction of sp³-hybridized carbons (Fsp3) is 0.481. The molecule has 0 unspecified atom stereocenters. The van der Waals surface area contributed by atoms with Crippen molar-refractivity contribution in [1.29, 1.82) is 0 Å². The summed E-state index contributed by atoms with van der Waals surface area (Å²) < 4.78 is 15.3. The zero-order valence-electron chi connectivity index (χ0n) is 22.4. The van der Waals surface area contributed by atoms with E-state index in [2.05, 4.69) is 10.6 Å². The van der Waals surface area contributed by atoms with Crippen LogP contribution in [0.5, 0.6) is 5.75 Å². The number of rotatable bonds is 8. The first-order valence-electron chi connectivity index (χ1n) is 13.0. The maximum atomic E-state index is 15.3. The van der Waals surface area contributed by atoms with Gasteiger partial charge in [0.2, 0.25) is 11.7 Å². The molecule has 40 heavy (non-hydrogen) atoms. The van der Waals surface area contributed by atoms with E-state index in [-0.39, 0.29) is 30.6 Å². The van der Waals surface area contributed by atoms with E-state index in [9.17, 15) is 39.6 Å². The molecule has 1 aromatic rings. The smallest absolute Gasteiger partial charge is 0.255 e. The number of halogens is 1. The van der Waals surface area contributed by atoms with Crippen LogP contribution in [0.2, 0.25) is 0 Å². The Morgan fingerprint density at radius 3 is 2.50 bits per heavy atom. The highest BCUT2D eigenvalue weighted by atomic mass is 19.1. The summed E-state index contributed by atoms with van der Waals surface area (Å²) in [7, 11) is 2.97. The Balaban J connectivity index is 1.80. The average Bonchev–Trinajstić information content (AvgIpc) is 2.86. The Kier molecular flexibility index (Phi) is 7.76. The number of primary amides is 1. The van der Waals surface area contributed by atoms with E-state index < -0.39 is 86.7 Å². The molecule has 1 fully saturated rings. The van der Waals surface area contributed by atoms with Crippen LogP contribution in [-0.4, -0.2) is 87.5 Å². The highest BCUT2D eigenvalue weighted by Crippen LogP contribution is 2.53. The predicted octanol–water partition coefficient (Wildman–Crippen LogP) is 0.431. The molecule has 12 nitrogen and oxygen atoms in total. The van der Waals surface area contributed by atoms with Crippen molar-refractivity contribution in [1.82, 2.24) is 10.2 Å². The lowest BCUT2D eigenvalue weighted by Crippen LogP contribution is -2.65. The summed E-state index contributed by atoms with van der Waals surface area (Å²) in [6, 6.07) is -0.322. The number of hydrogen-bond acceptors (Lipinski definition) is 10. The van der Waals surface area contributed by atoms with E-state index in [1.165, 1.54) is 19.0 Å². The van der Waals surface area contributed by atoms with Gasteiger partial charge in [-0.25, -0.2) is 4.39 Å². The molecule has 0 radical (unpaired) electrons. The summed E-state index contributed by atoms with van der Waals surface area (Å²) in [6.07, 6.45) is 1.40. The maximum Gasteiger partial charge on any atom is 0.255 e. The van der Waals surface area contributed by atoms with Gasteiger partial charge in [0.1, 0.15) is 22.9 Å².